The van der Waals surface area contributed by atoms with E-state index in [-0.39, 0.29) is 17.5 Å². The first-order valence-corrected chi connectivity index (χ1v) is 8.43. The van der Waals surface area contributed by atoms with Crippen LogP contribution in [0.4, 0.5) is 0 Å². The molecule has 0 saturated heterocycles. The van der Waals surface area contributed by atoms with Crippen LogP contribution in [0.3, 0.4) is 0 Å². The van der Waals surface area contributed by atoms with E-state index >= 15 is 0 Å². The Morgan fingerprint density at radius 2 is 2.05 bits per heavy atom. The van der Waals surface area contributed by atoms with Crippen molar-refractivity contribution in [3.05, 3.63) is 29.8 Å². The first-order chi connectivity index (χ1) is 9.45. The Kier molecular flexibility index (Phi) is 4.80. The lowest BCUT2D eigenvalue weighted by molar-refractivity contribution is 0.248. The maximum atomic E-state index is 12.3. The fraction of sp³-hybridized carbons (Fsp3) is 0.571. The molecule has 1 aromatic rings. The average molecular weight is 297 g/mol. The van der Waals surface area contributed by atoms with Crippen LogP contribution in [0.15, 0.2) is 29.2 Å². The minimum Gasteiger partial charge on any atom is -0.326 e. The van der Waals surface area contributed by atoms with Crippen molar-refractivity contribution in [2.75, 3.05) is 13.6 Å². The molecule has 1 saturated carbocycles. The molecular formula is C14H23N3O2S. The molecule has 2 rings (SSSR count). The van der Waals surface area contributed by atoms with E-state index in [1.807, 2.05) is 14.0 Å². The Bertz CT molecular complexity index is 555. The van der Waals surface area contributed by atoms with Crippen molar-refractivity contribution < 1.29 is 8.42 Å². The smallest absolute Gasteiger partial charge is 0.240 e. The lowest BCUT2D eigenvalue weighted by Crippen LogP contribution is -2.41. The number of hydrogen-bond donors (Lipinski definition) is 2. The highest BCUT2D eigenvalue weighted by molar-refractivity contribution is 7.89. The van der Waals surface area contributed by atoms with E-state index in [1.54, 1.807) is 24.3 Å². The van der Waals surface area contributed by atoms with Gasteiger partial charge in [-0.3, -0.25) is 4.90 Å². The van der Waals surface area contributed by atoms with Crippen LogP contribution in [0.5, 0.6) is 0 Å². The first-order valence-electron chi connectivity index (χ1n) is 6.95. The Morgan fingerprint density at radius 3 is 2.65 bits per heavy atom. The van der Waals surface area contributed by atoms with Crippen molar-refractivity contribution in [2.45, 2.75) is 43.3 Å². The van der Waals surface area contributed by atoms with Gasteiger partial charge >= 0.3 is 0 Å². The van der Waals surface area contributed by atoms with Crippen LogP contribution in [-0.4, -0.2) is 39.0 Å². The molecule has 0 bridgehead atoms. The van der Waals surface area contributed by atoms with Crippen molar-refractivity contribution >= 4 is 10.0 Å². The second-order valence-electron chi connectivity index (χ2n) is 5.41. The largest absolute Gasteiger partial charge is 0.326 e. The third-order valence-electron chi connectivity index (χ3n) is 3.87. The Labute approximate surface area is 121 Å². The quantitative estimate of drug-likeness (QED) is 0.784. The van der Waals surface area contributed by atoms with Gasteiger partial charge in [0.05, 0.1) is 4.90 Å². The number of benzene rings is 1. The number of sulfonamides is 1. The Hall–Kier alpha value is -0.950. The molecule has 0 aliphatic heterocycles. The van der Waals surface area contributed by atoms with Gasteiger partial charge in [-0.1, -0.05) is 18.2 Å². The Morgan fingerprint density at radius 1 is 1.40 bits per heavy atom. The number of hydrogen-bond acceptors (Lipinski definition) is 4. The zero-order valence-corrected chi connectivity index (χ0v) is 12.9. The molecule has 0 heterocycles. The second-order valence-corrected chi connectivity index (χ2v) is 7.14. The maximum Gasteiger partial charge on any atom is 0.240 e. The molecule has 1 fully saturated rings. The monoisotopic (exact) mass is 297 g/mol. The van der Waals surface area contributed by atoms with E-state index in [0.29, 0.717) is 18.2 Å². The van der Waals surface area contributed by atoms with Gasteiger partial charge in [-0.05, 0) is 38.4 Å². The SMILES string of the molecule is CC(CNS(=O)(=O)c1ccccc1CN)N(C)C1CC1. The molecular weight excluding hydrogens is 274 g/mol. The van der Waals surface area contributed by atoms with Crippen LogP contribution in [-0.2, 0) is 16.6 Å². The fourth-order valence-electron chi connectivity index (χ4n) is 2.23. The standard InChI is InChI=1S/C14H23N3O2S/c1-11(17(2)13-7-8-13)10-16-20(18,19)14-6-4-3-5-12(14)9-15/h3-6,11,13,16H,7-10,15H2,1-2H3. The van der Waals surface area contributed by atoms with Crippen LogP contribution in [0.25, 0.3) is 0 Å². The summed E-state index contributed by atoms with van der Waals surface area (Å²) in [4.78, 5) is 2.51. The molecule has 1 aliphatic carbocycles. The van der Waals surface area contributed by atoms with Crippen molar-refractivity contribution in [1.82, 2.24) is 9.62 Å². The fourth-order valence-corrected chi connectivity index (χ4v) is 3.60. The first kappa shape index (κ1) is 15.4. The summed E-state index contributed by atoms with van der Waals surface area (Å²) in [7, 11) is -1.45. The molecule has 0 amide bonds. The van der Waals surface area contributed by atoms with Gasteiger partial charge in [-0.2, -0.15) is 0 Å². The van der Waals surface area contributed by atoms with Gasteiger partial charge in [0.25, 0.3) is 0 Å². The van der Waals surface area contributed by atoms with E-state index in [2.05, 4.69) is 9.62 Å². The molecule has 112 valence electrons. The number of nitrogens with zero attached hydrogens (tertiary/aromatic N) is 1. The zero-order chi connectivity index (χ0) is 14.8. The van der Waals surface area contributed by atoms with Crippen LogP contribution < -0.4 is 10.5 Å². The van der Waals surface area contributed by atoms with Crippen molar-refractivity contribution in [1.29, 1.82) is 0 Å². The topological polar surface area (TPSA) is 75.4 Å². The molecule has 6 heteroatoms. The Balaban J connectivity index is 2.03. The normalized spacial score (nSPS) is 17.4. The molecule has 20 heavy (non-hydrogen) atoms. The van der Waals surface area contributed by atoms with Gasteiger partial charge in [0, 0.05) is 25.2 Å². The number of rotatable bonds is 7. The molecule has 0 spiro atoms. The van der Waals surface area contributed by atoms with Crippen molar-refractivity contribution in [3.63, 3.8) is 0 Å². The zero-order valence-electron chi connectivity index (χ0n) is 12.0. The highest BCUT2D eigenvalue weighted by Gasteiger charge is 2.29. The summed E-state index contributed by atoms with van der Waals surface area (Å²) in [6.07, 6.45) is 2.42. The molecule has 3 N–H and O–H groups in total. The molecule has 1 aliphatic rings. The van der Waals surface area contributed by atoms with Crippen molar-refractivity contribution in [2.24, 2.45) is 5.73 Å². The van der Waals surface area contributed by atoms with Crippen LogP contribution in [0.2, 0.25) is 0 Å². The second kappa shape index (κ2) is 6.22. The molecule has 1 aromatic carbocycles. The molecule has 5 nitrogen and oxygen atoms in total. The minimum absolute atomic E-state index is 0.183. The van der Waals surface area contributed by atoms with E-state index < -0.39 is 10.0 Å². The molecule has 0 radical (unpaired) electrons. The summed E-state index contributed by atoms with van der Waals surface area (Å²) in [5.41, 5.74) is 6.24. The van der Waals surface area contributed by atoms with E-state index in [0.717, 1.165) is 0 Å². The molecule has 1 unspecified atom stereocenters. The summed E-state index contributed by atoms with van der Waals surface area (Å²) in [6, 6.07) is 7.65. The third kappa shape index (κ3) is 3.58. The highest BCUT2D eigenvalue weighted by Crippen LogP contribution is 2.26. The number of likely N-dealkylation sites (N-methyl/N-ethyl adjacent to an activating group) is 1. The summed E-state index contributed by atoms with van der Waals surface area (Å²) < 4.78 is 27.4. The molecule has 1 atom stereocenters. The average Bonchev–Trinajstić information content (AvgIpc) is 3.28. The predicted molar refractivity (Wildman–Crippen MR) is 79.8 cm³/mol. The van der Waals surface area contributed by atoms with E-state index in [4.69, 9.17) is 5.73 Å². The van der Waals surface area contributed by atoms with Gasteiger partial charge < -0.3 is 5.73 Å². The van der Waals surface area contributed by atoms with Crippen LogP contribution >= 0.6 is 0 Å². The summed E-state index contributed by atoms with van der Waals surface area (Å²) >= 11 is 0. The van der Waals surface area contributed by atoms with Crippen LogP contribution in [0, 0.1) is 0 Å². The highest BCUT2D eigenvalue weighted by atomic mass is 32.2. The van der Waals surface area contributed by atoms with Gasteiger partial charge in [-0.25, -0.2) is 13.1 Å². The van der Waals surface area contributed by atoms with Gasteiger partial charge in [0.15, 0.2) is 0 Å². The van der Waals surface area contributed by atoms with Gasteiger partial charge in [0.2, 0.25) is 10.0 Å². The minimum atomic E-state index is -3.49. The summed E-state index contributed by atoms with van der Waals surface area (Å²) in [6.45, 7) is 2.67. The van der Waals surface area contributed by atoms with Crippen molar-refractivity contribution in [3.8, 4) is 0 Å². The van der Waals surface area contributed by atoms with Gasteiger partial charge in [0.1, 0.15) is 0 Å². The summed E-state index contributed by atoms with van der Waals surface area (Å²) in [5, 5.41) is 0. The van der Waals surface area contributed by atoms with Crippen LogP contribution in [0.1, 0.15) is 25.3 Å². The third-order valence-corrected chi connectivity index (χ3v) is 5.39. The predicted octanol–water partition coefficient (Wildman–Crippen LogP) is 0.906. The number of nitrogens with one attached hydrogen (secondary N) is 1. The van der Waals surface area contributed by atoms with E-state index in [9.17, 15) is 8.42 Å². The lowest BCUT2D eigenvalue weighted by Gasteiger charge is -2.24. The number of nitrogens with two attached hydrogens (primary N) is 1. The maximum absolute atomic E-state index is 12.3. The van der Waals surface area contributed by atoms with Gasteiger partial charge in [-0.15, -0.1) is 0 Å². The molecule has 0 aromatic heterocycles. The summed E-state index contributed by atoms with van der Waals surface area (Å²) in [5.74, 6) is 0. The van der Waals surface area contributed by atoms with E-state index in [1.165, 1.54) is 12.8 Å². The lowest BCUT2D eigenvalue weighted by atomic mass is 10.2.